The van der Waals surface area contributed by atoms with E-state index in [0.29, 0.717) is 0 Å². The first-order valence-corrected chi connectivity index (χ1v) is 6.53. The van der Waals surface area contributed by atoms with Crippen LogP contribution in [0, 0.1) is 0 Å². The summed E-state index contributed by atoms with van der Waals surface area (Å²) < 4.78 is 2.16. The van der Waals surface area contributed by atoms with Gasteiger partial charge in [-0.05, 0) is 36.5 Å². The number of aromatic nitrogens is 3. The SMILES string of the molecule is NC1CCCCc2cn(Cc3ncccn3)cc21. The summed E-state index contributed by atoms with van der Waals surface area (Å²) in [6.07, 6.45) is 12.7. The zero-order valence-corrected chi connectivity index (χ0v) is 10.4. The summed E-state index contributed by atoms with van der Waals surface area (Å²) in [5.74, 6) is 0.844. The second-order valence-corrected chi connectivity index (χ2v) is 4.93. The first-order chi connectivity index (χ1) is 8.83. The van der Waals surface area contributed by atoms with Gasteiger partial charge in [0.05, 0.1) is 6.54 Å². The zero-order chi connectivity index (χ0) is 12.4. The van der Waals surface area contributed by atoms with Gasteiger partial charge in [0.1, 0.15) is 5.82 Å². The van der Waals surface area contributed by atoms with Gasteiger partial charge < -0.3 is 10.3 Å². The molecule has 0 spiro atoms. The number of fused-ring (bicyclic) bond motifs is 1. The zero-order valence-electron chi connectivity index (χ0n) is 10.4. The number of nitrogens with two attached hydrogens (primary N) is 1. The summed E-state index contributed by atoms with van der Waals surface area (Å²) in [5, 5.41) is 0. The minimum atomic E-state index is 0.195. The Labute approximate surface area is 107 Å². The monoisotopic (exact) mass is 242 g/mol. The number of aryl methyl sites for hydroxylation is 1. The molecule has 2 aromatic rings. The minimum Gasteiger partial charge on any atom is -0.346 e. The standard InChI is InChI=1S/C14H18N4/c15-13-5-2-1-4-11-8-18(9-12(11)13)10-14-16-6-3-7-17-14/h3,6-9,13H,1-2,4-5,10,15H2. The fraction of sp³-hybridized carbons (Fsp3) is 0.429. The normalized spacial score (nSPS) is 19.3. The topological polar surface area (TPSA) is 56.7 Å². The molecule has 0 aliphatic heterocycles. The molecule has 2 N–H and O–H groups in total. The minimum absolute atomic E-state index is 0.195. The quantitative estimate of drug-likeness (QED) is 0.820. The van der Waals surface area contributed by atoms with Crippen LogP contribution in [0.3, 0.4) is 0 Å². The van der Waals surface area contributed by atoms with Crippen LogP contribution in [-0.2, 0) is 13.0 Å². The highest BCUT2D eigenvalue weighted by atomic mass is 15.0. The second kappa shape index (κ2) is 4.90. The number of rotatable bonds is 2. The Kier molecular flexibility index (Phi) is 3.11. The number of hydrogen-bond acceptors (Lipinski definition) is 3. The van der Waals surface area contributed by atoms with E-state index in [1.165, 1.54) is 24.0 Å². The molecule has 1 unspecified atom stereocenters. The largest absolute Gasteiger partial charge is 0.346 e. The van der Waals surface area contributed by atoms with Crippen molar-refractivity contribution < 1.29 is 0 Å². The molecule has 2 aromatic heterocycles. The van der Waals surface area contributed by atoms with Crippen molar-refractivity contribution in [1.29, 1.82) is 0 Å². The maximum absolute atomic E-state index is 6.21. The van der Waals surface area contributed by atoms with Crippen LogP contribution in [0.2, 0.25) is 0 Å². The van der Waals surface area contributed by atoms with Crippen molar-refractivity contribution in [2.75, 3.05) is 0 Å². The van der Waals surface area contributed by atoms with E-state index < -0.39 is 0 Å². The Balaban J connectivity index is 1.85. The van der Waals surface area contributed by atoms with Gasteiger partial charge in [-0.2, -0.15) is 0 Å². The lowest BCUT2D eigenvalue weighted by Crippen LogP contribution is -2.09. The maximum Gasteiger partial charge on any atom is 0.147 e. The van der Waals surface area contributed by atoms with Crippen LogP contribution in [0.5, 0.6) is 0 Å². The van der Waals surface area contributed by atoms with E-state index in [1.54, 1.807) is 12.4 Å². The van der Waals surface area contributed by atoms with Crippen molar-refractivity contribution in [3.8, 4) is 0 Å². The van der Waals surface area contributed by atoms with E-state index in [4.69, 9.17) is 5.73 Å². The molecule has 1 aliphatic carbocycles. The number of hydrogen-bond donors (Lipinski definition) is 1. The lowest BCUT2D eigenvalue weighted by atomic mass is 10.1. The third-order valence-corrected chi connectivity index (χ3v) is 3.55. The van der Waals surface area contributed by atoms with Crippen LogP contribution in [0.15, 0.2) is 30.9 Å². The van der Waals surface area contributed by atoms with Crippen molar-refractivity contribution >= 4 is 0 Å². The van der Waals surface area contributed by atoms with E-state index in [1.807, 2.05) is 6.07 Å². The summed E-state index contributed by atoms with van der Waals surface area (Å²) in [6.45, 7) is 0.723. The predicted molar refractivity (Wildman–Crippen MR) is 70.0 cm³/mol. The summed E-state index contributed by atoms with van der Waals surface area (Å²) >= 11 is 0. The van der Waals surface area contributed by atoms with Gasteiger partial charge in [-0.15, -0.1) is 0 Å². The van der Waals surface area contributed by atoms with Crippen LogP contribution >= 0.6 is 0 Å². The molecular formula is C14H18N4. The molecule has 0 amide bonds. The predicted octanol–water partition coefficient (Wildman–Crippen LogP) is 2.05. The van der Waals surface area contributed by atoms with Gasteiger partial charge in [-0.3, -0.25) is 0 Å². The highest BCUT2D eigenvalue weighted by Gasteiger charge is 2.17. The van der Waals surface area contributed by atoms with E-state index >= 15 is 0 Å². The first kappa shape index (κ1) is 11.4. The average Bonchev–Trinajstić information content (AvgIpc) is 2.71. The molecule has 0 aromatic carbocycles. The molecule has 4 heteroatoms. The fourth-order valence-electron chi connectivity index (χ4n) is 2.62. The molecule has 1 aliphatic rings. The van der Waals surface area contributed by atoms with E-state index in [0.717, 1.165) is 25.2 Å². The molecule has 4 nitrogen and oxygen atoms in total. The Hall–Kier alpha value is -1.68. The Morgan fingerprint density at radius 2 is 2.06 bits per heavy atom. The van der Waals surface area contributed by atoms with E-state index in [9.17, 15) is 0 Å². The van der Waals surface area contributed by atoms with Crippen molar-refractivity contribution in [1.82, 2.24) is 14.5 Å². The smallest absolute Gasteiger partial charge is 0.147 e. The fourth-order valence-corrected chi connectivity index (χ4v) is 2.62. The van der Waals surface area contributed by atoms with Gasteiger partial charge in [0, 0.05) is 30.8 Å². The highest BCUT2D eigenvalue weighted by molar-refractivity contribution is 5.29. The van der Waals surface area contributed by atoms with Gasteiger partial charge in [-0.1, -0.05) is 6.42 Å². The molecule has 0 saturated heterocycles. The third kappa shape index (κ3) is 2.29. The van der Waals surface area contributed by atoms with Gasteiger partial charge in [-0.25, -0.2) is 9.97 Å². The molecule has 0 fully saturated rings. The van der Waals surface area contributed by atoms with Gasteiger partial charge in [0.15, 0.2) is 0 Å². The highest BCUT2D eigenvalue weighted by Crippen LogP contribution is 2.27. The third-order valence-electron chi connectivity index (χ3n) is 3.55. The Morgan fingerprint density at radius 3 is 2.89 bits per heavy atom. The molecule has 1 atom stereocenters. The lowest BCUT2D eigenvalue weighted by molar-refractivity contribution is 0.609. The lowest BCUT2D eigenvalue weighted by Gasteiger charge is -2.07. The molecule has 2 heterocycles. The van der Waals surface area contributed by atoms with Gasteiger partial charge in [0.25, 0.3) is 0 Å². The van der Waals surface area contributed by atoms with Crippen LogP contribution in [0.4, 0.5) is 0 Å². The first-order valence-electron chi connectivity index (χ1n) is 6.53. The van der Waals surface area contributed by atoms with Crippen LogP contribution in [0.1, 0.15) is 42.3 Å². The summed E-state index contributed by atoms with van der Waals surface area (Å²) in [7, 11) is 0. The van der Waals surface area contributed by atoms with Crippen molar-refractivity contribution in [3.63, 3.8) is 0 Å². The molecule has 0 radical (unpaired) electrons. The van der Waals surface area contributed by atoms with Crippen molar-refractivity contribution in [2.45, 2.75) is 38.3 Å². The molecule has 3 rings (SSSR count). The van der Waals surface area contributed by atoms with Crippen LogP contribution in [-0.4, -0.2) is 14.5 Å². The van der Waals surface area contributed by atoms with Crippen LogP contribution in [0.25, 0.3) is 0 Å². The van der Waals surface area contributed by atoms with E-state index in [-0.39, 0.29) is 6.04 Å². The summed E-state index contributed by atoms with van der Waals surface area (Å²) in [5.41, 5.74) is 8.92. The molecular weight excluding hydrogens is 224 g/mol. The molecule has 0 bridgehead atoms. The van der Waals surface area contributed by atoms with Crippen LogP contribution < -0.4 is 5.73 Å². The van der Waals surface area contributed by atoms with Gasteiger partial charge in [0.2, 0.25) is 0 Å². The van der Waals surface area contributed by atoms with Crippen molar-refractivity contribution in [3.05, 3.63) is 47.8 Å². The van der Waals surface area contributed by atoms with E-state index in [2.05, 4.69) is 26.9 Å². The summed E-state index contributed by atoms with van der Waals surface area (Å²) in [6, 6.07) is 2.03. The molecule has 0 saturated carbocycles. The molecule has 18 heavy (non-hydrogen) atoms. The Morgan fingerprint density at radius 1 is 1.22 bits per heavy atom. The Bertz CT molecular complexity index is 518. The summed E-state index contributed by atoms with van der Waals surface area (Å²) in [4.78, 5) is 8.51. The second-order valence-electron chi connectivity index (χ2n) is 4.93. The average molecular weight is 242 g/mol. The maximum atomic E-state index is 6.21. The number of nitrogens with zero attached hydrogens (tertiary/aromatic N) is 3. The van der Waals surface area contributed by atoms with Gasteiger partial charge >= 0.3 is 0 Å². The van der Waals surface area contributed by atoms with Crippen molar-refractivity contribution in [2.24, 2.45) is 5.73 Å². The molecule has 94 valence electrons.